The van der Waals surface area contributed by atoms with E-state index in [4.69, 9.17) is 16.9 Å². The molecule has 60 valence electrons. The molecule has 0 aliphatic rings. The molecule has 1 aromatic heterocycles. The smallest absolute Gasteiger partial charge is 0.270 e. The predicted molar refractivity (Wildman–Crippen MR) is 46.8 cm³/mol. The molecule has 3 nitrogen and oxygen atoms in total. The molecule has 1 rings (SSSR count). The lowest BCUT2D eigenvalue weighted by Gasteiger charge is -1.95. The Kier molecular flexibility index (Phi) is 2.79. The number of rotatable bonds is 1. The van der Waals surface area contributed by atoms with Crippen molar-refractivity contribution in [2.45, 2.75) is 0 Å². The number of hydrogen-bond acceptors (Lipinski definition) is 3. The van der Waals surface area contributed by atoms with Gasteiger partial charge in [0.1, 0.15) is 16.4 Å². The SMILES string of the molecule is N#Cc1ccc(C(=O)Cl)nc1Br. The fourth-order valence-corrected chi connectivity index (χ4v) is 1.14. The Labute approximate surface area is 82.1 Å². The summed E-state index contributed by atoms with van der Waals surface area (Å²) in [6.07, 6.45) is 0. The van der Waals surface area contributed by atoms with Crippen LogP contribution in [0.15, 0.2) is 16.7 Å². The second-order valence-corrected chi connectivity index (χ2v) is 3.01. The van der Waals surface area contributed by atoms with Crippen molar-refractivity contribution >= 4 is 32.8 Å². The van der Waals surface area contributed by atoms with Crippen molar-refractivity contribution in [3.8, 4) is 6.07 Å². The molecule has 5 heteroatoms. The molecule has 0 bridgehead atoms. The third kappa shape index (κ3) is 1.81. The number of pyridine rings is 1. The highest BCUT2D eigenvalue weighted by Gasteiger charge is 2.06. The second kappa shape index (κ2) is 3.65. The summed E-state index contributed by atoms with van der Waals surface area (Å²) in [6.45, 7) is 0. The number of carbonyl (C=O) groups is 1. The molecule has 0 amide bonds. The van der Waals surface area contributed by atoms with Gasteiger partial charge in [0.15, 0.2) is 0 Å². The fourth-order valence-electron chi connectivity index (χ4n) is 0.627. The van der Waals surface area contributed by atoms with Gasteiger partial charge < -0.3 is 0 Å². The summed E-state index contributed by atoms with van der Waals surface area (Å²) in [4.78, 5) is 14.4. The highest BCUT2D eigenvalue weighted by atomic mass is 79.9. The summed E-state index contributed by atoms with van der Waals surface area (Å²) in [7, 11) is 0. The van der Waals surface area contributed by atoms with Crippen LogP contribution in [0, 0.1) is 11.3 Å². The summed E-state index contributed by atoms with van der Waals surface area (Å²) in [5.41, 5.74) is 0.499. The van der Waals surface area contributed by atoms with Gasteiger partial charge in [-0.3, -0.25) is 4.79 Å². The van der Waals surface area contributed by atoms with Gasteiger partial charge in [-0.25, -0.2) is 4.98 Å². The van der Waals surface area contributed by atoms with Crippen LogP contribution in [0.3, 0.4) is 0 Å². The molecular weight excluding hydrogens is 243 g/mol. The maximum absolute atomic E-state index is 10.6. The first-order chi connectivity index (χ1) is 5.65. The van der Waals surface area contributed by atoms with Gasteiger partial charge in [-0.2, -0.15) is 5.26 Å². The predicted octanol–water partition coefficient (Wildman–Crippen LogP) is 2.09. The lowest BCUT2D eigenvalue weighted by Crippen LogP contribution is -1.95. The maximum Gasteiger partial charge on any atom is 0.270 e. The summed E-state index contributed by atoms with van der Waals surface area (Å²) in [6, 6.07) is 4.78. The zero-order valence-corrected chi connectivity index (χ0v) is 8.06. The third-order valence-electron chi connectivity index (χ3n) is 1.17. The average Bonchev–Trinajstić information content (AvgIpc) is 2.04. The van der Waals surface area contributed by atoms with E-state index in [0.717, 1.165) is 0 Å². The molecule has 0 fully saturated rings. The first kappa shape index (κ1) is 9.17. The Morgan fingerprint density at radius 3 is 2.75 bits per heavy atom. The Morgan fingerprint density at radius 1 is 1.67 bits per heavy atom. The van der Waals surface area contributed by atoms with Gasteiger partial charge in [-0.1, -0.05) is 0 Å². The summed E-state index contributed by atoms with van der Waals surface area (Å²) < 4.78 is 0.330. The quantitative estimate of drug-likeness (QED) is 0.562. The maximum atomic E-state index is 10.6. The molecular formula is C7H2BrClN2O. The van der Waals surface area contributed by atoms with Crippen LogP contribution < -0.4 is 0 Å². The molecule has 12 heavy (non-hydrogen) atoms. The van der Waals surface area contributed by atoms with E-state index < -0.39 is 5.24 Å². The van der Waals surface area contributed by atoms with E-state index in [9.17, 15) is 4.79 Å². The summed E-state index contributed by atoms with van der Waals surface area (Å²) >= 11 is 8.20. The topological polar surface area (TPSA) is 53.8 Å². The molecule has 0 radical (unpaired) electrons. The van der Waals surface area contributed by atoms with Gasteiger partial charge in [-0.05, 0) is 39.7 Å². The summed E-state index contributed by atoms with van der Waals surface area (Å²) in [5, 5.41) is 7.87. The van der Waals surface area contributed by atoms with Gasteiger partial charge >= 0.3 is 0 Å². The molecule has 0 saturated carbocycles. The van der Waals surface area contributed by atoms with Crippen LogP contribution in [0.1, 0.15) is 16.1 Å². The number of hydrogen-bond donors (Lipinski definition) is 0. The van der Waals surface area contributed by atoms with Crippen molar-refractivity contribution < 1.29 is 4.79 Å². The minimum absolute atomic E-state index is 0.127. The van der Waals surface area contributed by atoms with E-state index in [0.29, 0.717) is 10.2 Å². The monoisotopic (exact) mass is 244 g/mol. The molecule has 0 unspecified atom stereocenters. The molecule has 1 aromatic rings. The molecule has 1 heterocycles. The zero-order valence-electron chi connectivity index (χ0n) is 5.71. The van der Waals surface area contributed by atoms with E-state index in [-0.39, 0.29) is 5.69 Å². The first-order valence-corrected chi connectivity index (χ1v) is 4.08. The van der Waals surface area contributed by atoms with E-state index >= 15 is 0 Å². The number of nitrogens with zero attached hydrogens (tertiary/aromatic N) is 2. The normalized spacial score (nSPS) is 9.08. The summed E-state index contributed by atoms with van der Waals surface area (Å²) in [5.74, 6) is 0. The molecule has 0 aliphatic carbocycles. The van der Waals surface area contributed by atoms with Gasteiger partial charge in [0.2, 0.25) is 0 Å². The van der Waals surface area contributed by atoms with Crippen molar-refractivity contribution in [3.63, 3.8) is 0 Å². The lowest BCUT2D eigenvalue weighted by molar-refractivity contribution is 0.107. The lowest BCUT2D eigenvalue weighted by atomic mass is 10.3. The van der Waals surface area contributed by atoms with Crippen LogP contribution in [0.25, 0.3) is 0 Å². The van der Waals surface area contributed by atoms with Crippen LogP contribution in [0.2, 0.25) is 0 Å². The highest BCUT2D eigenvalue weighted by Crippen LogP contribution is 2.14. The van der Waals surface area contributed by atoms with Gasteiger partial charge in [0.25, 0.3) is 5.24 Å². The minimum atomic E-state index is -0.639. The van der Waals surface area contributed by atoms with Crippen LogP contribution in [0.4, 0.5) is 0 Å². The van der Waals surface area contributed by atoms with Gasteiger partial charge in [0, 0.05) is 0 Å². The third-order valence-corrected chi connectivity index (χ3v) is 1.97. The largest absolute Gasteiger partial charge is 0.274 e. The first-order valence-electron chi connectivity index (χ1n) is 2.91. The molecule has 0 aromatic carbocycles. The Morgan fingerprint density at radius 2 is 2.33 bits per heavy atom. The number of aromatic nitrogens is 1. The van der Waals surface area contributed by atoms with Crippen molar-refractivity contribution in [1.82, 2.24) is 4.98 Å². The Bertz CT molecular complexity index is 372. The molecule has 0 aliphatic heterocycles. The Balaban J connectivity index is 3.21. The molecule has 0 N–H and O–H groups in total. The van der Waals surface area contributed by atoms with Crippen molar-refractivity contribution in [2.24, 2.45) is 0 Å². The number of halogens is 2. The van der Waals surface area contributed by atoms with E-state index in [1.807, 2.05) is 6.07 Å². The second-order valence-electron chi connectivity index (χ2n) is 1.92. The number of nitriles is 1. The van der Waals surface area contributed by atoms with E-state index in [1.165, 1.54) is 12.1 Å². The van der Waals surface area contributed by atoms with Gasteiger partial charge in [-0.15, -0.1) is 0 Å². The average molecular weight is 245 g/mol. The van der Waals surface area contributed by atoms with E-state index in [1.54, 1.807) is 0 Å². The van der Waals surface area contributed by atoms with Crippen LogP contribution in [-0.4, -0.2) is 10.2 Å². The standard InChI is InChI=1S/C7H2BrClN2O/c8-6-4(3-10)1-2-5(11-6)7(9)12/h1-2H. The Hall–Kier alpha value is -0.920. The van der Waals surface area contributed by atoms with Crippen molar-refractivity contribution in [3.05, 3.63) is 28.0 Å². The van der Waals surface area contributed by atoms with Crippen molar-refractivity contribution in [1.29, 1.82) is 5.26 Å². The van der Waals surface area contributed by atoms with Crippen LogP contribution >= 0.6 is 27.5 Å². The van der Waals surface area contributed by atoms with Crippen LogP contribution in [0.5, 0.6) is 0 Å². The van der Waals surface area contributed by atoms with Crippen molar-refractivity contribution in [2.75, 3.05) is 0 Å². The number of carbonyl (C=O) groups excluding carboxylic acids is 1. The minimum Gasteiger partial charge on any atom is -0.274 e. The fraction of sp³-hybridized carbons (Fsp3) is 0. The van der Waals surface area contributed by atoms with E-state index in [2.05, 4.69) is 20.9 Å². The molecule has 0 saturated heterocycles. The molecule has 0 spiro atoms. The van der Waals surface area contributed by atoms with Crippen LogP contribution in [-0.2, 0) is 0 Å². The van der Waals surface area contributed by atoms with Gasteiger partial charge in [0.05, 0.1) is 5.56 Å². The zero-order chi connectivity index (χ0) is 9.14. The molecule has 0 atom stereocenters. The highest BCUT2D eigenvalue weighted by molar-refractivity contribution is 9.10.